The maximum absolute atomic E-state index is 12.9. The molecular weight excluding hydrogens is 380 g/mol. The average molecular weight is 397 g/mol. The topological polar surface area (TPSA) is 75.2 Å². The normalized spacial score (nSPS) is 18.1. The van der Waals surface area contributed by atoms with E-state index in [-0.39, 0.29) is 17.1 Å². The number of nitrogens with zero attached hydrogens (tertiary/aromatic N) is 3. The number of carbonyl (C=O) groups excluding carboxylic acids is 2. The van der Waals surface area contributed by atoms with Crippen LogP contribution in [0.25, 0.3) is 0 Å². The van der Waals surface area contributed by atoms with Gasteiger partial charge < -0.3 is 5.32 Å². The van der Waals surface area contributed by atoms with Gasteiger partial charge in [-0.15, -0.1) is 10.2 Å². The van der Waals surface area contributed by atoms with Crippen LogP contribution in [0.5, 0.6) is 0 Å². The molecule has 2 heterocycles. The molecule has 3 rings (SSSR count). The summed E-state index contributed by atoms with van der Waals surface area (Å²) in [4.78, 5) is 27.0. The lowest BCUT2D eigenvalue weighted by Gasteiger charge is -2.22. The third-order valence-corrected chi connectivity index (χ3v) is 6.37. The summed E-state index contributed by atoms with van der Waals surface area (Å²) >= 11 is 8.66. The van der Waals surface area contributed by atoms with E-state index in [1.807, 2.05) is 0 Å². The Balaban J connectivity index is 1.76. The maximum Gasteiger partial charge on any atom is 0.260 e. The number of thioether (sulfide) groups is 1. The first-order chi connectivity index (χ1) is 12.1. The van der Waals surface area contributed by atoms with Gasteiger partial charge in [0.05, 0.1) is 5.25 Å². The van der Waals surface area contributed by atoms with Gasteiger partial charge in [0.25, 0.3) is 5.91 Å². The van der Waals surface area contributed by atoms with Crippen molar-refractivity contribution < 1.29 is 9.59 Å². The highest BCUT2D eigenvalue weighted by Crippen LogP contribution is 2.33. The Morgan fingerprint density at radius 1 is 1.32 bits per heavy atom. The third kappa shape index (κ3) is 4.31. The van der Waals surface area contributed by atoms with Crippen molar-refractivity contribution >= 4 is 51.6 Å². The van der Waals surface area contributed by atoms with Gasteiger partial charge >= 0.3 is 0 Å². The number of imide groups is 1. The van der Waals surface area contributed by atoms with Crippen molar-refractivity contribution in [1.82, 2.24) is 15.1 Å². The highest BCUT2D eigenvalue weighted by Gasteiger charge is 2.32. The van der Waals surface area contributed by atoms with Crippen LogP contribution in [0.3, 0.4) is 0 Å². The zero-order chi connectivity index (χ0) is 17.8. The van der Waals surface area contributed by atoms with Gasteiger partial charge in [0.1, 0.15) is 0 Å². The first kappa shape index (κ1) is 18.2. The van der Waals surface area contributed by atoms with Gasteiger partial charge in [-0.3, -0.25) is 14.5 Å². The lowest BCUT2D eigenvalue weighted by Crippen LogP contribution is -2.41. The molecule has 1 N–H and O–H groups in total. The van der Waals surface area contributed by atoms with Gasteiger partial charge in [-0.1, -0.05) is 41.1 Å². The summed E-state index contributed by atoms with van der Waals surface area (Å²) in [5, 5.41) is 11.9. The summed E-state index contributed by atoms with van der Waals surface area (Å²) in [7, 11) is 1.78. The van der Waals surface area contributed by atoms with Crippen LogP contribution in [-0.2, 0) is 4.79 Å². The summed E-state index contributed by atoms with van der Waals surface area (Å²) < 4.78 is 0.725. The first-order valence-electron chi connectivity index (χ1n) is 7.87. The molecule has 1 atom stereocenters. The number of hydrogen-bond acceptors (Lipinski definition) is 7. The largest absolute Gasteiger partial charge is 0.363 e. The summed E-state index contributed by atoms with van der Waals surface area (Å²) in [5.41, 5.74) is 0.469. The Kier molecular flexibility index (Phi) is 5.93. The molecule has 1 aliphatic heterocycles. The number of carbonyl (C=O) groups is 2. The van der Waals surface area contributed by atoms with E-state index >= 15 is 0 Å². The molecule has 132 valence electrons. The van der Waals surface area contributed by atoms with Crippen molar-refractivity contribution in [2.45, 2.75) is 28.9 Å². The summed E-state index contributed by atoms with van der Waals surface area (Å²) in [6, 6.07) is 6.61. The van der Waals surface area contributed by atoms with Gasteiger partial charge in [-0.2, -0.15) is 0 Å². The monoisotopic (exact) mass is 396 g/mol. The number of halogens is 1. The molecule has 0 saturated carbocycles. The molecular formula is C16H17ClN4O2S2. The first-order valence-corrected chi connectivity index (χ1v) is 9.95. The van der Waals surface area contributed by atoms with Gasteiger partial charge in [-0.05, 0) is 37.1 Å². The molecule has 6 nitrogen and oxygen atoms in total. The molecule has 0 radical (unpaired) electrons. The Hall–Kier alpha value is -1.64. The molecule has 25 heavy (non-hydrogen) atoms. The molecule has 2 aromatic rings. The van der Waals surface area contributed by atoms with E-state index in [4.69, 9.17) is 11.6 Å². The van der Waals surface area contributed by atoms with Crippen molar-refractivity contribution in [2.24, 2.45) is 0 Å². The van der Waals surface area contributed by atoms with E-state index in [2.05, 4.69) is 15.5 Å². The predicted molar refractivity (Wildman–Crippen MR) is 100 cm³/mol. The van der Waals surface area contributed by atoms with E-state index in [1.54, 1.807) is 31.3 Å². The molecule has 0 bridgehead atoms. The van der Waals surface area contributed by atoms with Crippen LogP contribution in [0.1, 0.15) is 29.6 Å². The zero-order valence-electron chi connectivity index (χ0n) is 13.6. The molecule has 0 aliphatic carbocycles. The fourth-order valence-electron chi connectivity index (χ4n) is 2.55. The zero-order valence-corrected chi connectivity index (χ0v) is 16.0. The van der Waals surface area contributed by atoms with Crippen molar-refractivity contribution in [1.29, 1.82) is 0 Å². The Morgan fingerprint density at radius 2 is 2.08 bits per heavy atom. The summed E-state index contributed by atoms with van der Waals surface area (Å²) in [5.74, 6) is -0.439. The van der Waals surface area contributed by atoms with E-state index in [9.17, 15) is 9.59 Å². The fourth-order valence-corrected chi connectivity index (χ4v) is 4.72. The van der Waals surface area contributed by atoms with Crippen molar-refractivity contribution in [2.75, 3.05) is 18.9 Å². The number of benzene rings is 1. The number of amides is 2. The quantitative estimate of drug-likeness (QED) is 0.796. The molecule has 1 aromatic heterocycles. The van der Waals surface area contributed by atoms with Crippen LogP contribution in [0.15, 0.2) is 28.6 Å². The molecule has 1 fully saturated rings. The Labute approximate surface area is 159 Å². The minimum atomic E-state index is -0.323. The molecule has 9 heteroatoms. The fraction of sp³-hybridized carbons (Fsp3) is 0.375. The molecule has 1 aliphatic rings. The smallest absolute Gasteiger partial charge is 0.260 e. The highest BCUT2D eigenvalue weighted by molar-refractivity contribution is 8.02. The lowest BCUT2D eigenvalue weighted by molar-refractivity contribution is -0.127. The molecule has 1 saturated heterocycles. The maximum atomic E-state index is 12.9. The van der Waals surface area contributed by atoms with E-state index in [0.717, 1.165) is 23.6 Å². The predicted octanol–water partition coefficient (Wildman–Crippen LogP) is 3.55. The number of anilines is 1. The van der Waals surface area contributed by atoms with E-state index in [0.29, 0.717) is 22.3 Å². The number of nitrogens with one attached hydrogen (secondary N) is 1. The van der Waals surface area contributed by atoms with Crippen LogP contribution >= 0.6 is 34.7 Å². The number of likely N-dealkylation sites (tertiary alicyclic amines) is 1. The number of hydrogen-bond donors (Lipinski definition) is 1. The van der Waals surface area contributed by atoms with Gasteiger partial charge in [-0.25, -0.2) is 0 Å². The van der Waals surface area contributed by atoms with E-state index < -0.39 is 0 Å². The Bertz CT molecular complexity index is 766. The van der Waals surface area contributed by atoms with Crippen molar-refractivity contribution in [3.8, 4) is 0 Å². The third-order valence-electron chi connectivity index (χ3n) is 3.84. The second kappa shape index (κ2) is 8.16. The summed E-state index contributed by atoms with van der Waals surface area (Å²) in [6.45, 7) is 0.440. The minimum Gasteiger partial charge on any atom is -0.363 e. The molecule has 0 spiro atoms. The highest BCUT2D eigenvalue weighted by atomic mass is 35.5. The average Bonchev–Trinajstić information content (AvgIpc) is 3.00. The number of rotatable bonds is 4. The number of aromatic nitrogens is 2. The van der Waals surface area contributed by atoms with E-state index in [1.165, 1.54) is 28.0 Å². The van der Waals surface area contributed by atoms with Crippen LogP contribution in [-0.4, -0.2) is 45.8 Å². The van der Waals surface area contributed by atoms with Crippen molar-refractivity contribution in [3.63, 3.8) is 0 Å². The lowest BCUT2D eigenvalue weighted by atomic mass is 10.2. The van der Waals surface area contributed by atoms with Crippen LogP contribution in [0, 0.1) is 0 Å². The summed E-state index contributed by atoms with van der Waals surface area (Å²) in [6.07, 6.45) is 2.42. The second-order valence-electron chi connectivity index (χ2n) is 5.53. The van der Waals surface area contributed by atoms with Crippen LogP contribution in [0.4, 0.5) is 5.13 Å². The second-order valence-corrected chi connectivity index (χ2v) is 8.39. The van der Waals surface area contributed by atoms with Crippen molar-refractivity contribution in [3.05, 3.63) is 34.9 Å². The Morgan fingerprint density at radius 3 is 2.76 bits per heavy atom. The molecule has 1 aromatic carbocycles. The van der Waals surface area contributed by atoms with Crippen LogP contribution < -0.4 is 5.32 Å². The van der Waals surface area contributed by atoms with Gasteiger partial charge in [0.15, 0.2) is 4.34 Å². The SMILES string of the molecule is CNc1nnc(S[C@@H]2CCCCN(C(=O)c3ccc(Cl)cc3)C2=O)s1. The van der Waals surface area contributed by atoms with Crippen LogP contribution in [0.2, 0.25) is 5.02 Å². The minimum absolute atomic E-state index is 0.163. The van der Waals surface area contributed by atoms with Gasteiger partial charge in [0, 0.05) is 24.2 Å². The standard InChI is InChI=1S/C16H17ClN4O2S2/c1-18-15-19-20-16(25-15)24-12-4-2-3-9-21(14(12)23)13(22)10-5-7-11(17)8-6-10/h5-8,12H,2-4,9H2,1H3,(H,18,19)/t12-/m1/s1. The molecule has 0 unspecified atom stereocenters. The molecule has 2 amide bonds. The van der Waals surface area contributed by atoms with Gasteiger partial charge in [0.2, 0.25) is 11.0 Å².